The van der Waals surface area contributed by atoms with Crippen LogP contribution in [0.1, 0.15) is 35.5 Å². The van der Waals surface area contributed by atoms with Gasteiger partial charge in [0.2, 0.25) is 0 Å². The zero-order valence-electron chi connectivity index (χ0n) is 13.1. The van der Waals surface area contributed by atoms with Gasteiger partial charge in [-0.25, -0.2) is 5.43 Å². The molecule has 0 spiro atoms. The van der Waals surface area contributed by atoms with Crippen molar-refractivity contribution < 1.29 is 14.6 Å². The van der Waals surface area contributed by atoms with Crippen LogP contribution in [0.2, 0.25) is 0 Å². The lowest BCUT2D eigenvalue weighted by atomic mass is 10.2. The van der Waals surface area contributed by atoms with Crippen LogP contribution in [0.3, 0.4) is 0 Å². The van der Waals surface area contributed by atoms with Gasteiger partial charge in [-0.2, -0.15) is 5.10 Å². The monoisotopic (exact) mass is 313 g/mol. The summed E-state index contributed by atoms with van der Waals surface area (Å²) < 4.78 is 5.29. The third kappa shape index (κ3) is 4.54. The van der Waals surface area contributed by atoms with Crippen LogP contribution >= 0.6 is 0 Å². The summed E-state index contributed by atoms with van der Waals surface area (Å²) in [5.41, 5.74) is 4.48. The number of phenolic OH excluding ortho intramolecular Hbond substituents is 1. The summed E-state index contributed by atoms with van der Waals surface area (Å²) in [6.45, 7) is 4.30. The first-order chi connectivity index (χ1) is 11.1. The van der Waals surface area contributed by atoms with E-state index >= 15 is 0 Å². The van der Waals surface area contributed by atoms with Crippen molar-refractivity contribution in [1.82, 2.24) is 10.4 Å². The van der Waals surface area contributed by atoms with Crippen molar-refractivity contribution in [1.29, 1.82) is 0 Å². The number of pyridine rings is 1. The molecule has 0 radical (unpaired) electrons. The molecule has 1 heterocycles. The highest BCUT2D eigenvalue weighted by Crippen LogP contribution is 2.26. The van der Waals surface area contributed by atoms with E-state index in [0.29, 0.717) is 23.6 Å². The third-order valence-corrected chi connectivity index (χ3v) is 3.13. The van der Waals surface area contributed by atoms with Gasteiger partial charge in [0.05, 0.1) is 12.8 Å². The van der Waals surface area contributed by atoms with Crippen molar-refractivity contribution in [3.05, 3.63) is 53.3 Å². The van der Waals surface area contributed by atoms with E-state index < -0.39 is 0 Å². The van der Waals surface area contributed by atoms with Gasteiger partial charge >= 0.3 is 0 Å². The van der Waals surface area contributed by atoms with Crippen molar-refractivity contribution in [2.75, 3.05) is 6.61 Å². The Bertz CT molecular complexity index is 697. The molecule has 2 rings (SSSR count). The van der Waals surface area contributed by atoms with Crippen molar-refractivity contribution in [2.45, 2.75) is 20.3 Å². The highest BCUT2D eigenvalue weighted by Gasteiger charge is 2.06. The summed E-state index contributed by atoms with van der Waals surface area (Å²) in [5.74, 6) is 0.0561. The Morgan fingerprint density at radius 1 is 1.35 bits per heavy atom. The highest BCUT2D eigenvalue weighted by molar-refractivity contribution is 5.93. The average molecular weight is 313 g/mol. The lowest BCUT2D eigenvalue weighted by Crippen LogP contribution is -2.18. The zero-order valence-corrected chi connectivity index (χ0v) is 13.1. The Kier molecular flexibility index (Phi) is 5.68. The number of benzene rings is 1. The zero-order chi connectivity index (χ0) is 16.7. The smallest absolute Gasteiger partial charge is 0.289 e. The molecule has 1 amide bonds. The second kappa shape index (κ2) is 7.93. The standard InChI is InChI=1S/C17H19N3O3/c1-3-12-5-7-14(18-10-12)17(22)20-19-11-13-6-8-15(21)16(9-13)23-4-2/h5-11,21H,3-4H2,1-2H3,(H,20,22)/b19-11-. The third-order valence-electron chi connectivity index (χ3n) is 3.13. The number of hydrogen-bond donors (Lipinski definition) is 2. The second-order valence-electron chi connectivity index (χ2n) is 4.76. The van der Waals surface area contributed by atoms with Crippen molar-refractivity contribution in [2.24, 2.45) is 5.10 Å². The predicted octanol–water partition coefficient (Wildman–Crippen LogP) is 2.51. The van der Waals surface area contributed by atoms with Gasteiger partial charge < -0.3 is 9.84 Å². The molecule has 0 fully saturated rings. The topological polar surface area (TPSA) is 83.8 Å². The second-order valence-corrected chi connectivity index (χ2v) is 4.76. The van der Waals surface area contributed by atoms with E-state index in [9.17, 15) is 9.90 Å². The van der Waals surface area contributed by atoms with E-state index in [4.69, 9.17) is 4.74 Å². The first kappa shape index (κ1) is 16.5. The number of rotatable bonds is 6. The van der Waals surface area contributed by atoms with Gasteiger partial charge in [0.25, 0.3) is 5.91 Å². The number of hydrogen-bond acceptors (Lipinski definition) is 5. The number of carbonyl (C=O) groups is 1. The molecule has 0 aliphatic heterocycles. The number of aryl methyl sites for hydroxylation is 1. The van der Waals surface area contributed by atoms with Crippen molar-refractivity contribution in [3.8, 4) is 11.5 Å². The molecule has 0 bridgehead atoms. The van der Waals surface area contributed by atoms with Crippen LogP contribution in [0.25, 0.3) is 0 Å². The largest absolute Gasteiger partial charge is 0.504 e. The molecular formula is C17H19N3O3. The van der Waals surface area contributed by atoms with Gasteiger partial charge in [-0.05, 0) is 48.7 Å². The van der Waals surface area contributed by atoms with Crippen LogP contribution in [-0.4, -0.2) is 28.8 Å². The minimum Gasteiger partial charge on any atom is -0.504 e. The molecule has 23 heavy (non-hydrogen) atoms. The Balaban J connectivity index is 2.00. The van der Waals surface area contributed by atoms with Crippen molar-refractivity contribution in [3.63, 3.8) is 0 Å². The highest BCUT2D eigenvalue weighted by atomic mass is 16.5. The lowest BCUT2D eigenvalue weighted by molar-refractivity contribution is 0.0950. The number of hydrazone groups is 1. The Labute approximate surface area is 134 Å². The molecule has 1 aromatic heterocycles. The van der Waals surface area contributed by atoms with E-state index in [1.807, 2.05) is 19.9 Å². The van der Waals surface area contributed by atoms with Crippen LogP contribution < -0.4 is 10.2 Å². The maximum Gasteiger partial charge on any atom is 0.289 e. The van der Waals surface area contributed by atoms with Gasteiger partial charge in [-0.15, -0.1) is 0 Å². The number of phenols is 1. The minimum atomic E-state index is -0.382. The first-order valence-corrected chi connectivity index (χ1v) is 7.38. The maximum atomic E-state index is 11.9. The van der Waals surface area contributed by atoms with Crippen LogP contribution in [0.15, 0.2) is 41.6 Å². The summed E-state index contributed by atoms with van der Waals surface area (Å²) in [4.78, 5) is 16.0. The van der Waals surface area contributed by atoms with Gasteiger partial charge in [0.15, 0.2) is 11.5 Å². The minimum absolute atomic E-state index is 0.0632. The maximum absolute atomic E-state index is 11.9. The molecule has 2 N–H and O–H groups in total. The molecule has 0 atom stereocenters. The Hall–Kier alpha value is -2.89. The molecule has 2 aromatic rings. The van der Waals surface area contributed by atoms with Gasteiger partial charge in [-0.1, -0.05) is 13.0 Å². The number of aromatic hydroxyl groups is 1. The molecule has 0 saturated carbocycles. The molecule has 1 aromatic carbocycles. The Morgan fingerprint density at radius 2 is 2.17 bits per heavy atom. The Morgan fingerprint density at radius 3 is 2.83 bits per heavy atom. The number of amides is 1. The number of nitrogens with zero attached hydrogens (tertiary/aromatic N) is 2. The fourth-order valence-electron chi connectivity index (χ4n) is 1.87. The molecule has 0 aliphatic rings. The van der Waals surface area contributed by atoms with E-state index in [1.165, 1.54) is 12.3 Å². The number of aromatic nitrogens is 1. The van der Waals surface area contributed by atoms with Gasteiger partial charge in [0, 0.05) is 6.20 Å². The fourth-order valence-corrected chi connectivity index (χ4v) is 1.87. The number of ether oxygens (including phenoxy) is 1. The van der Waals surface area contributed by atoms with E-state index in [2.05, 4.69) is 15.5 Å². The quantitative estimate of drug-likeness (QED) is 0.634. The molecule has 6 heteroatoms. The van der Waals surface area contributed by atoms with E-state index in [0.717, 1.165) is 12.0 Å². The molecule has 120 valence electrons. The summed E-state index contributed by atoms with van der Waals surface area (Å²) >= 11 is 0. The molecular weight excluding hydrogens is 294 g/mol. The van der Waals surface area contributed by atoms with Crippen molar-refractivity contribution >= 4 is 12.1 Å². The first-order valence-electron chi connectivity index (χ1n) is 7.38. The van der Waals surface area contributed by atoms with E-state index in [1.54, 1.807) is 24.4 Å². The summed E-state index contributed by atoms with van der Waals surface area (Å²) in [5, 5.41) is 13.5. The molecule has 0 aliphatic carbocycles. The van der Waals surface area contributed by atoms with E-state index in [-0.39, 0.29) is 11.7 Å². The SMILES string of the molecule is CCOc1cc(/C=N\NC(=O)c2ccc(CC)cn2)ccc1O. The van der Waals surface area contributed by atoms with Crippen LogP contribution in [0.4, 0.5) is 0 Å². The summed E-state index contributed by atoms with van der Waals surface area (Å²) in [6, 6.07) is 8.35. The fraction of sp³-hybridized carbons (Fsp3) is 0.235. The van der Waals surface area contributed by atoms with Crippen LogP contribution in [0.5, 0.6) is 11.5 Å². The van der Waals surface area contributed by atoms with Crippen LogP contribution in [-0.2, 0) is 6.42 Å². The molecule has 0 unspecified atom stereocenters. The lowest BCUT2D eigenvalue weighted by Gasteiger charge is -2.06. The average Bonchev–Trinajstić information content (AvgIpc) is 2.58. The van der Waals surface area contributed by atoms with Crippen LogP contribution in [0, 0.1) is 0 Å². The molecule has 6 nitrogen and oxygen atoms in total. The number of carbonyl (C=O) groups excluding carboxylic acids is 1. The van der Waals surface area contributed by atoms with Gasteiger partial charge in [0.1, 0.15) is 5.69 Å². The normalized spacial score (nSPS) is 10.7. The number of nitrogens with one attached hydrogen (secondary N) is 1. The van der Waals surface area contributed by atoms with Gasteiger partial charge in [-0.3, -0.25) is 9.78 Å². The molecule has 0 saturated heterocycles. The predicted molar refractivity (Wildman–Crippen MR) is 88.0 cm³/mol. The summed E-state index contributed by atoms with van der Waals surface area (Å²) in [7, 11) is 0. The summed E-state index contributed by atoms with van der Waals surface area (Å²) in [6.07, 6.45) is 4.02.